The number of nitrogens with zero attached hydrogens (tertiary/aromatic N) is 1. The van der Waals surface area contributed by atoms with Gasteiger partial charge in [0.1, 0.15) is 6.61 Å². The van der Waals surface area contributed by atoms with E-state index in [1.165, 1.54) is 0 Å². The number of hydrogen-bond acceptors (Lipinski definition) is 4. The molecule has 0 aliphatic heterocycles. The van der Waals surface area contributed by atoms with E-state index in [1.54, 1.807) is 24.4 Å². The molecule has 0 aliphatic carbocycles. The summed E-state index contributed by atoms with van der Waals surface area (Å²) in [6, 6.07) is 7.08. The van der Waals surface area contributed by atoms with Crippen LogP contribution in [0.3, 0.4) is 0 Å². The summed E-state index contributed by atoms with van der Waals surface area (Å²) in [6.45, 7) is -1.03. The maximum Gasteiger partial charge on any atom is 0.411 e. The molecule has 20 heavy (non-hydrogen) atoms. The van der Waals surface area contributed by atoms with Gasteiger partial charge < -0.3 is 15.8 Å². The highest BCUT2D eigenvalue weighted by Gasteiger charge is 2.27. The van der Waals surface area contributed by atoms with Gasteiger partial charge in [0.15, 0.2) is 0 Å². The minimum Gasteiger partial charge on any atom is -0.398 e. The number of anilines is 2. The minimum absolute atomic E-state index is 0.0434. The van der Waals surface area contributed by atoms with Crippen LogP contribution in [0.15, 0.2) is 30.5 Å². The zero-order valence-corrected chi connectivity index (χ0v) is 10.6. The van der Waals surface area contributed by atoms with Crippen molar-refractivity contribution in [3.8, 4) is 0 Å². The standard InChI is InChI=1S/C13H14F3N3O/c14-13(15,16)8-20-7-6-18-11-4-3-10(17)9-2-1-5-19-12(9)11/h1-5,18H,6-8,17H2. The SMILES string of the molecule is Nc1ccc(NCCOCC(F)(F)F)c2ncccc12. The normalized spacial score (nSPS) is 11.8. The maximum absolute atomic E-state index is 11.9. The lowest BCUT2D eigenvalue weighted by atomic mass is 10.1. The van der Waals surface area contributed by atoms with E-state index in [9.17, 15) is 13.2 Å². The molecule has 0 unspecified atom stereocenters. The zero-order valence-electron chi connectivity index (χ0n) is 10.6. The number of nitrogens with one attached hydrogen (secondary N) is 1. The van der Waals surface area contributed by atoms with Gasteiger partial charge in [-0.2, -0.15) is 13.2 Å². The molecule has 0 bridgehead atoms. The molecule has 7 heteroatoms. The lowest BCUT2D eigenvalue weighted by molar-refractivity contribution is -0.172. The number of nitrogen functional groups attached to an aromatic ring is 1. The molecule has 1 aromatic carbocycles. The number of pyridine rings is 1. The second kappa shape index (κ2) is 5.96. The number of alkyl halides is 3. The highest BCUT2D eigenvalue weighted by Crippen LogP contribution is 2.25. The topological polar surface area (TPSA) is 60.2 Å². The van der Waals surface area contributed by atoms with Crippen LogP contribution in [0.2, 0.25) is 0 Å². The molecule has 2 rings (SSSR count). The van der Waals surface area contributed by atoms with Crippen LogP contribution in [0.4, 0.5) is 24.5 Å². The maximum atomic E-state index is 11.9. The number of hydrogen-bond donors (Lipinski definition) is 2. The van der Waals surface area contributed by atoms with E-state index in [0.29, 0.717) is 16.9 Å². The number of ether oxygens (including phenoxy) is 1. The van der Waals surface area contributed by atoms with Crippen molar-refractivity contribution < 1.29 is 17.9 Å². The average molecular weight is 285 g/mol. The summed E-state index contributed by atoms with van der Waals surface area (Å²) in [5.41, 5.74) is 7.83. The van der Waals surface area contributed by atoms with Gasteiger partial charge in [0, 0.05) is 23.8 Å². The summed E-state index contributed by atoms with van der Waals surface area (Å²) < 4.78 is 40.2. The summed E-state index contributed by atoms with van der Waals surface area (Å²) in [5.74, 6) is 0. The van der Waals surface area contributed by atoms with E-state index in [-0.39, 0.29) is 13.2 Å². The number of nitrogens with two attached hydrogens (primary N) is 1. The van der Waals surface area contributed by atoms with Gasteiger partial charge in [-0.25, -0.2) is 0 Å². The summed E-state index contributed by atoms with van der Waals surface area (Å²) in [7, 11) is 0. The molecule has 1 aromatic heterocycles. The third-order valence-corrected chi connectivity index (χ3v) is 2.63. The third-order valence-electron chi connectivity index (χ3n) is 2.63. The summed E-state index contributed by atoms with van der Waals surface area (Å²) >= 11 is 0. The number of fused-ring (bicyclic) bond motifs is 1. The summed E-state index contributed by atoms with van der Waals surface area (Å²) in [4.78, 5) is 4.22. The molecule has 4 nitrogen and oxygen atoms in total. The molecule has 0 saturated carbocycles. The van der Waals surface area contributed by atoms with Gasteiger partial charge in [0.05, 0.1) is 17.8 Å². The first-order valence-electron chi connectivity index (χ1n) is 5.99. The van der Waals surface area contributed by atoms with Crippen LogP contribution in [0, 0.1) is 0 Å². The van der Waals surface area contributed by atoms with Crippen molar-refractivity contribution in [3.05, 3.63) is 30.5 Å². The molecule has 108 valence electrons. The third kappa shape index (κ3) is 3.74. The van der Waals surface area contributed by atoms with E-state index < -0.39 is 12.8 Å². The van der Waals surface area contributed by atoms with Gasteiger partial charge >= 0.3 is 6.18 Å². The van der Waals surface area contributed by atoms with Crippen molar-refractivity contribution in [2.75, 3.05) is 30.8 Å². The average Bonchev–Trinajstić information content (AvgIpc) is 2.40. The molecule has 0 amide bonds. The Balaban J connectivity index is 1.95. The second-order valence-corrected chi connectivity index (χ2v) is 4.20. The Morgan fingerprint density at radius 1 is 1.25 bits per heavy atom. The quantitative estimate of drug-likeness (QED) is 0.655. The fraction of sp³-hybridized carbons (Fsp3) is 0.308. The molecule has 0 aliphatic rings. The first kappa shape index (κ1) is 14.4. The van der Waals surface area contributed by atoms with E-state index in [4.69, 9.17) is 5.73 Å². The Bertz CT molecular complexity index is 587. The summed E-state index contributed by atoms with van der Waals surface area (Å²) in [5, 5.41) is 3.79. The van der Waals surface area contributed by atoms with Crippen LogP contribution >= 0.6 is 0 Å². The van der Waals surface area contributed by atoms with Crippen LogP contribution in [0.1, 0.15) is 0 Å². The number of halogens is 3. The predicted octanol–water partition coefficient (Wildman–Crippen LogP) is 2.81. The number of rotatable bonds is 5. The van der Waals surface area contributed by atoms with Gasteiger partial charge in [-0.15, -0.1) is 0 Å². The molecule has 2 aromatic rings. The number of aromatic nitrogens is 1. The van der Waals surface area contributed by atoms with E-state index in [0.717, 1.165) is 5.39 Å². The predicted molar refractivity (Wildman–Crippen MR) is 71.5 cm³/mol. The smallest absolute Gasteiger partial charge is 0.398 e. The zero-order chi connectivity index (χ0) is 14.6. The molecular weight excluding hydrogens is 271 g/mol. The Morgan fingerprint density at radius 2 is 2.05 bits per heavy atom. The van der Waals surface area contributed by atoms with Crippen molar-refractivity contribution >= 4 is 22.3 Å². The minimum atomic E-state index is -4.30. The van der Waals surface area contributed by atoms with Gasteiger partial charge in [-0.1, -0.05) is 0 Å². The van der Waals surface area contributed by atoms with Crippen molar-refractivity contribution in [2.24, 2.45) is 0 Å². The lowest BCUT2D eigenvalue weighted by Crippen LogP contribution is -2.20. The van der Waals surface area contributed by atoms with Crippen LogP contribution < -0.4 is 11.1 Å². The molecular formula is C13H14F3N3O. The summed E-state index contributed by atoms with van der Waals surface area (Å²) in [6.07, 6.45) is -2.66. The van der Waals surface area contributed by atoms with Crippen LogP contribution in [0.25, 0.3) is 10.9 Å². The Labute approximate surface area is 113 Å². The van der Waals surface area contributed by atoms with Gasteiger partial charge in [-0.3, -0.25) is 4.98 Å². The molecule has 0 spiro atoms. The van der Waals surface area contributed by atoms with Crippen LogP contribution in [0.5, 0.6) is 0 Å². The molecule has 3 N–H and O–H groups in total. The van der Waals surface area contributed by atoms with E-state index >= 15 is 0 Å². The largest absolute Gasteiger partial charge is 0.411 e. The first-order valence-corrected chi connectivity index (χ1v) is 5.99. The van der Waals surface area contributed by atoms with Crippen molar-refractivity contribution in [1.29, 1.82) is 0 Å². The molecule has 0 atom stereocenters. The van der Waals surface area contributed by atoms with Crippen molar-refractivity contribution in [2.45, 2.75) is 6.18 Å². The molecule has 0 fully saturated rings. The van der Waals surface area contributed by atoms with Gasteiger partial charge in [0.25, 0.3) is 0 Å². The van der Waals surface area contributed by atoms with E-state index in [2.05, 4.69) is 15.0 Å². The molecule has 0 saturated heterocycles. The Kier molecular flexibility index (Phi) is 4.29. The highest BCUT2D eigenvalue weighted by atomic mass is 19.4. The fourth-order valence-electron chi connectivity index (χ4n) is 1.78. The highest BCUT2D eigenvalue weighted by molar-refractivity contribution is 5.98. The Morgan fingerprint density at radius 3 is 2.80 bits per heavy atom. The van der Waals surface area contributed by atoms with Crippen LogP contribution in [-0.2, 0) is 4.74 Å². The number of benzene rings is 1. The monoisotopic (exact) mass is 285 g/mol. The lowest BCUT2D eigenvalue weighted by Gasteiger charge is -2.11. The van der Waals surface area contributed by atoms with Crippen molar-refractivity contribution in [3.63, 3.8) is 0 Å². The Hall–Kier alpha value is -2.02. The first-order chi connectivity index (χ1) is 9.47. The van der Waals surface area contributed by atoms with Gasteiger partial charge in [-0.05, 0) is 24.3 Å². The van der Waals surface area contributed by atoms with Crippen LogP contribution in [-0.4, -0.2) is 30.9 Å². The van der Waals surface area contributed by atoms with E-state index in [1.807, 2.05) is 6.07 Å². The van der Waals surface area contributed by atoms with Crippen molar-refractivity contribution in [1.82, 2.24) is 4.98 Å². The van der Waals surface area contributed by atoms with Gasteiger partial charge in [0.2, 0.25) is 0 Å². The molecule has 1 heterocycles. The second-order valence-electron chi connectivity index (χ2n) is 4.20. The fourth-order valence-corrected chi connectivity index (χ4v) is 1.78. The molecule has 0 radical (unpaired) electrons.